The van der Waals surface area contributed by atoms with E-state index in [1.165, 1.54) is 11.3 Å². The van der Waals surface area contributed by atoms with Gasteiger partial charge in [-0.05, 0) is 46.8 Å². The van der Waals surface area contributed by atoms with Crippen LogP contribution in [0.3, 0.4) is 0 Å². The van der Waals surface area contributed by atoms with Crippen LogP contribution in [-0.4, -0.2) is 21.0 Å². The Morgan fingerprint density at radius 1 is 1.53 bits per heavy atom. The van der Waals surface area contributed by atoms with Crippen LogP contribution in [0.1, 0.15) is 12.8 Å². The standard InChI is InChI=1S/C9H13BrN2O2S2.ClH/c10-8-3-4-9(15-8)16(13,14)12-5-7(11)6-1-2-6;/h3-4,6-7,12H,1-2,5,11H2;1H. The number of rotatable bonds is 5. The van der Waals surface area contributed by atoms with Crippen molar-refractivity contribution in [3.63, 3.8) is 0 Å². The Bertz CT molecular complexity index is 473. The molecule has 0 aliphatic heterocycles. The fourth-order valence-electron chi connectivity index (χ4n) is 1.41. The SMILES string of the molecule is Cl.NC(CNS(=O)(=O)c1ccc(Br)s1)C1CC1. The van der Waals surface area contributed by atoms with Crippen molar-refractivity contribution in [2.75, 3.05) is 6.54 Å². The van der Waals surface area contributed by atoms with Crippen LogP contribution in [0.25, 0.3) is 0 Å². The van der Waals surface area contributed by atoms with Crippen molar-refractivity contribution >= 4 is 49.7 Å². The first-order chi connectivity index (χ1) is 7.49. The van der Waals surface area contributed by atoms with E-state index >= 15 is 0 Å². The van der Waals surface area contributed by atoms with E-state index in [9.17, 15) is 8.42 Å². The first-order valence-corrected chi connectivity index (χ1v) is 8.09. The summed E-state index contributed by atoms with van der Waals surface area (Å²) in [4.78, 5) is 0. The molecule has 1 aromatic rings. The van der Waals surface area contributed by atoms with Crippen LogP contribution < -0.4 is 10.5 Å². The van der Waals surface area contributed by atoms with E-state index in [2.05, 4.69) is 20.7 Å². The van der Waals surface area contributed by atoms with E-state index < -0.39 is 10.0 Å². The molecule has 1 saturated carbocycles. The van der Waals surface area contributed by atoms with Gasteiger partial charge in [0.25, 0.3) is 0 Å². The van der Waals surface area contributed by atoms with Crippen molar-refractivity contribution in [3.05, 3.63) is 15.9 Å². The first-order valence-electron chi connectivity index (χ1n) is 4.99. The summed E-state index contributed by atoms with van der Waals surface area (Å²) in [6.45, 7) is 0.322. The molecular weight excluding hydrogens is 348 g/mol. The van der Waals surface area contributed by atoms with Gasteiger partial charge >= 0.3 is 0 Å². The third-order valence-electron chi connectivity index (χ3n) is 2.55. The molecule has 1 fully saturated rings. The second-order valence-corrected chi connectivity index (χ2v) is 8.37. The highest BCUT2D eigenvalue weighted by molar-refractivity contribution is 9.11. The number of sulfonamides is 1. The Morgan fingerprint density at radius 2 is 2.18 bits per heavy atom. The smallest absolute Gasteiger partial charge is 0.250 e. The summed E-state index contributed by atoms with van der Waals surface area (Å²) in [7, 11) is -3.38. The summed E-state index contributed by atoms with van der Waals surface area (Å²) >= 11 is 4.44. The molecule has 0 spiro atoms. The second kappa shape index (κ2) is 5.99. The van der Waals surface area contributed by atoms with Crippen LogP contribution >= 0.6 is 39.7 Å². The molecule has 1 aromatic heterocycles. The molecule has 1 aliphatic rings. The maximum Gasteiger partial charge on any atom is 0.250 e. The zero-order valence-electron chi connectivity index (χ0n) is 8.93. The van der Waals surface area contributed by atoms with Gasteiger partial charge in [-0.3, -0.25) is 0 Å². The molecule has 1 aliphatic carbocycles. The average Bonchev–Trinajstić information content (AvgIpc) is 2.98. The monoisotopic (exact) mass is 360 g/mol. The Balaban J connectivity index is 0.00000144. The van der Waals surface area contributed by atoms with E-state index in [0.717, 1.165) is 16.6 Å². The number of halogens is 2. The number of nitrogens with two attached hydrogens (primary N) is 1. The molecule has 3 N–H and O–H groups in total. The largest absolute Gasteiger partial charge is 0.326 e. The molecule has 0 radical (unpaired) electrons. The molecule has 1 heterocycles. The van der Waals surface area contributed by atoms with Crippen LogP contribution in [0.4, 0.5) is 0 Å². The number of thiophene rings is 1. The summed E-state index contributed by atoms with van der Waals surface area (Å²) < 4.78 is 27.3. The van der Waals surface area contributed by atoms with Gasteiger partial charge in [-0.25, -0.2) is 13.1 Å². The first kappa shape index (κ1) is 15.4. The van der Waals surface area contributed by atoms with E-state index in [0.29, 0.717) is 16.7 Å². The highest BCUT2D eigenvalue weighted by atomic mass is 79.9. The third-order valence-corrected chi connectivity index (χ3v) is 6.09. The molecule has 0 amide bonds. The Morgan fingerprint density at radius 3 is 2.65 bits per heavy atom. The number of hydrogen-bond donors (Lipinski definition) is 2. The lowest BCUT2D eigenvalue weighted by atomic mass is 10.2. The molecule has 0 saturated heterocycles. The molecule has 1 unspecified atom stereocenters. The zero-order chi connectivity index (χ0) is 11.8. The lowest BCUT2D eigenvalue weighted by Crippen LogP contribution is -2.38. The topological polar surface area (TPSA) is 72.2 Å². The van der Waals surface area contributed by atoms with Gasteiger partial charge in [0.15, 0.2) is 0 Å². The third kappa shape index (κ3) is 4.18. The van der Waals surface area contributed by atoms with Crippen molar-refractivity contribution in [1.29, 1.82) is 0 Å². The van der Waals surface area contributed by atoms with Crippen molar-refractivity contribution < 1.29 is 8.42 Å². The minimum atomic E-state index is -3.38. The van der Waals surface area contributed by atoms with Gasteiger partial charge in [0.2, 0.25) is 10.0 Å². The summed E-state index contributed by atoms with van der Waals surface area (Å²) in [6, 6.07) is 3.25. The molecule has 8 heteroatoms. The normalized spacial score (nSPS) is 17.5. The molecule has 17 heavy (non-hydrogen) atoms. The Kier molecular flexibility index (Phi) is 5.42. The highest BCUT2D eigenvalue weighted by Crippen LogP contribution is 2.31. The van der Waals surface area contributed by atoms with Gasteiger partial charge in [0.1, 0.15) is 4.21 Å². The van der Waals surface area contributed by atoms with Crippen LogP contribution in [0.5, 0.6) is 0 Å². The number of nitrogens with one attached hydrogen (secondary N) is 1. The molecule has 4 nitrogen and oxygen atoms in total. The maximum absolute atomic E-state index is 11.8. The lowest BCUT2D eigenvalue weighted by molar-refractivity contribution is 0.549. The maximum atomic E-state index is 11.8. The summed E-state index contributed by atoms with van der Waals surface area (Å²) in [5.74, 6) is 0.498. The van der Waals surface area contributed by atoms with Gasteiger partial charge in [0, 0.05) is 12.6 Å². The van der Waals surface area contributed by atoms with Crippen LogP contribution in [0.2, 0.25) is 0 Å². The van der Waals surface area contributed by atoms with Gasteiger partial charge < -0.3 is 5.73 Å². The van der Waals surface area contributed by atoms with Gasteiger partial charge in [-0.2, -0.15) is 0 Å². The second-order valence-electron chi connectivity index (χ2n) is 3.91. The fraction of sp³-hybridized carbons (Fsp3) is 0.556. The number of hydrogen-bond acceptors (Lipinski definition) is 4. The van der Waals surface area contributed by atoms with Crippen LogP contribution in [-0.2, 0) is 10.0 Å². The van der Waals surface area contributed by atoms with Gasteiger partial charge in [-0.15, -0.1) is 23.7 Å². The zero-order valence-corrected chi connectivity index (χ0v) is 13.0. The minimum absolute atomic E-state index is 0. The average molecular weight is 362 g/mol. The van der Waals surface area contributed by atoms with Crippen molar-refractivity contribution in [3.8, 4) is 0 Å². The molecule has 0 bridgehead atoms. The molecule has 98 valence electrons. The Hall–Kier alpha value is 0.340. The molecule has 0 aromatic carbocycles. The van der Waals surface area contributed by atoms with E-state index in [4.69, 9.17) is 5.73 Å². The van der Waals surface area contributed by atoms with Gasteiger partial charge in [0.05, 0.1) is 3.79 Å². The van der Waals surface area contributed by atoms with E-state index in [-0.39, 0.29) is 18.4 Å². The molecular formula is C9H14BrClN2O2S2. The van der Waals surface area contributed by atoms with Crippen molar-refractivity contribution in [2.24, 2.45) is 11.7 Å². The molecule has 2 rings (SSSR count). The summed E-state index contributed by atoms with van der Waals surface area (Å²) in [5, 5.41) is 0. The van der Waals surface area contributed by atoms with E-state index in [1.54, 1.807) is 12.1 Å². The van der Waals surface area contributed by atoms with Gasteiger partial charge in [-0.1, -0.05) is 0 Å². The Labute approximate surface area is 120 Å². The van der Waals surface area contributed by atoms with Crippen LogP contribution in [0, 0.1) is 5.92 Å². The quantitative estimate of drug-likeness (QED) is 0.842. The highest BCUT2D eigenvalue weighted by Gasteiger charge is 2.29. The lowest BCUT2D eigenvalue weighted by Gasteiger charge is -2.10. The van der Waals surface area contributed by atoms with Crippen molar-refractivity contribution in [1.82, 2.24) is 4.72 Å². The van der Waals surface area contributed by atoms with Crippen molar-refractivity contribution in [2.45, 2.75) is 23.1 Å². The summed E-state index contributed by atoms with van der Waals surface area (Å²) in [6.07, 6.45) is 2.24. The minimum Gasteiger partial charge on any atom is -0.326 e. The predicted molar refractivity (Wildman–Crippen MR) is 75.2 cm³/mol. The summed E-state index contributed by atoms with van der Waals surface area (Å²) in [5.41, 5.74) is 5.84. The molecule has 1 atom stereocenters. The predicted octanol–water partition coefficient (Wildman–Crippen LogP) is 1.95. The fourth-order valence-corrected chi connectivity index (χ4v) is 4.54. The van der Waals surface area contributed by atoms with E-state index in [1.807, 2.05) is 0 Å². The van der Waals surface area contributed by atoms with Crippen LogP contribution in [0.15, 0.2) is 20.1 Å².